The van der Waals surface area contributed by atoms with Gasteiger partial charge in [-0.05, 0) is 67.1 Å². The molecule has 40 heavy (non-hydrogen) atoms. The van der Waals surface area contributed by atoms with Crippen LogP contribution in [0.3, 0.4) is 0 Å². The van der Waals surface area contributed by atoms with Crippen LogP contribution in [0.5, 0.6) is 5.75 Å². The Morgan fingerprint density at radius 1 is 1.07 bits per heavy atom. The predicted molar refractivity (Wildman–Crippen MR) is 157 cm³/mol. The smallest absolute Gasteiger partial charge is 0.278 e. The van der Waals surface area contributed by atoms with Crippen LogP contribution in [-0.2, 0) is 24.3 Å². The van der Waals surface area contributed by atoms with Crippen molar-refractivity contribution in [2.75, 3.05) is 42.0 Å². The van der Waals surface area contributed by atoms with Crippen molar-refractivity contribution in [2.24, 2.45) is 0 Å². The molecule has 1 amide bonds. The third kappa shape index (κ3) is 4.44. The molecule has 3 aliphatic rings. The highest BCUT2D eigenvalue weighted by atomic mass is 32.2. The number of nitrogens with one attached hydrogen (secondary N) is 1. The van der Waals surface area contributed by atoms with Gasteiger partial charge in [0.25, 0.3) is 11.5 Å². The van der Waals surface area contributed by atoms with Gasteiger partial charge in [-0.2, -0.15) is 4.98 Å². The highest BCUT2D eigenvalue weighted by Gasteiger charge is 2.27. The summed E-state index contributed by atoms with van der Waals surface area (Å²) < 4.78 is 9.21. The Balaban J connectivity index is 1.34. The summed E-state index contributed by atoms with van der Waals surface area (Å²) >= 11 is 1.70. The SMILES string of the molecule is CN1CCc2cc(Nc3ncc4c(=O)n5n(c4n3)-c3ccc4c(c3)N(CSCC/C=C/C5)C(=O)CO4)ccc2C1. The van der Waals surface area contributed by atoms with Crippen LogP contribution in [-0.4, -0.2) is 62.0 Å². The minimum Gasteiger partial charge on any atom is -0.482 e. The molecule has 11 heteroatoms. The van der Waals surface area contributed by atoms with E-state index in [9.17, 15) is 9.59 Å². The van der Waals surface area contributed by atoms with E-state index in [4.69, 9.17) is 9.72 Å². The van der Waals surface area contributed by atoms with E-state index in [2.05, 4.69) is 40.5 Å². The fourth-order valence-corrected chi connectivity index (χ4v) is 6.38. The van der Waals surface area contributed by atoms with Gasteiger partial charge in [-0.3, -0.25) is 14.5 Å². The number of hydrogen-bond acceptors (Lipinski definition) is 8. The van der Waals surface area contributed by atoms with E-state index in [0.29, 0.717) is 46.5 Å². The van der Waals surface area contributed by atoms with Crippen molar-refractivity contribution < 1.29 is 9.53 Å². The summed E-state index contributed by atoms with van der Waals surface area (Å²) in [5.74, 6) is 2.39. The Bertz CT molecular complexity index is 1730. The summed E-state index contributed by atoms with van der Waals surface area (Å²) in [6.07, 6.45) is 7.51. The molecule has 0 saturated heterocycles. The van der Waals surface area contributed by atoms with Crippen molar-refractivity contribution in [1.29, 1.82) is 0 Å². The van der Waals surface area contributed by atoms with E-state index in [-0.39, 0.29) is 18.1 Å². The molecule has 5 heterocycles. The molecular weight excluding hydrogens is 526 g/mol. The van der Waals surface area contributed by atoms with Crippen LogP contribution >= 0.6 is 11.8 Å². The monoisotopic (exact) mass is 555 g/mol. The summed E-state index contributed by atoms with van der Waals surface area (Å²) in [7, 11) is 2.14. The lowest BCUT2D eigenvalue weighted by atomic mass is 9.99. The summed E-state index contributed by atoms with van der Waals surface area (Å²) in [6, 6.07) is 12.0. The highest BCUT2D eigenvalue weighted by Crippen LogP contribution is 2.36. The van der Waals surface area contributed by atoms with Crippen LogP contribution in [0.2, 0.25) is 0 Å². The van der Waals surface area contributed by atoms with E-state index in [0.717, 1.165) is 37.4 Å². The lowest BCUT2D eigenvalue weighted by Crippen LogP contribution is -2.38. The lowest BCUT2D eigenvalue weighted by molar-refractivity contribution is -0.121. The van der Waals surface area contributed by atoms with Gasteiger partial charge in [0.15, 0.2) is 12.3 Å². The maximum Gasteiger partial charge on any atom is 0.278 e. The van der Waals surface area contributed by atoms with E-state index in [1.54, 1.807) is 27.5 Å². The number of rotatable bonds is 2. The second-order valence-electron chi connectivity index (χ2n) is 10.3. The molecule has 7 rings (SSSR count). The average Bonchev–Trinajstić information content (AvgIpc) is 3.24. The summed E-state index contributed by atoms with van der Waals surface area (Å²) in [5.41, 5.74) is 5.31. The van der Waals surface area contributed by atoms with E-state index >= 15 is 0 Å². The Kier molecular flexibility index (Phi) is 6.32. The number of nitrogens with zero attached hydrogens (tertiary/aromatic N) is 6. The number of ether oxygens (including phenoxy) is 1. The molecule has 0 radical (unpaired) electrons. The van der Waals surface area contributed by atoms with Crippen LogP contribution < -0.4 is 20.5 Å². The molecule has 3 aliphatic heterocycles. The van der Waals surface area contributed by atoms with Gasteiger partial charge in [0.2, 0.25) is 5.95 Å². The van der Waals surface area contributed by atoms with Crippen molar-refractivity contribution in [3.05, 3.63) is 76.2 Å². The molecule has 2 aromatic heterocycles. The van der Waals surface area contributed by atoms with Crippen LogP contribution in [0, 0.1) is 0 Å². The molecule has 0 spiro atoms. The molecule has 0 atom stereocenters. The third-order valence-corrected chi connectivity index (χ3v) is 8.53. The fourth-order valence-electron chi connectivity index (χ4n) is 5.48. The minimum absolute atomic E-state index is 0.0195. The molecule has 1 N–H and O–H groups in total. The Labute approximate surface area is 235 Å². The van der Waals surface area contributed by atoms with Gasteiger partial charge in [-0.15, -0.1) is 11.8 Å². The fraction of sp³-hybridized carbons (Fsp3) is 0.310. The highest BCUT2D eigenvalue weighted by molar-refractivity contribution is 7.99. The zero-order valence-corrected chi connectivity index (χ0v) is 23.0. The number of carbonyl (C=O) groups is 1. The van der Waals surface area contributed by atoms with Gasteiger partial charge in [-0.1, -0.05) is 18.2 Å². The van der Waals surface area contributed by atoms with Crippen molar-refractivity contribution in [3.63, 3.8) is 0 Å². The maximum atomic E-state index is 13.6. The van der Waals surface area contributed by atoms with Gasteiger partial charge in [-0.25, -0.2) is 14.3 Å². The lowest BCUT2D eigenvalue weighted by Gasteiger charge is -2.29. The molecule has 2 bridgehead atoms. The van der Waals surface area contributed by atoms with Gasteiger partial charge < -0.3 is 15.0 Å². The standard InChI is InChI=1S/C29H29N7O3S/c1-33-11-9-19-13-21(6-5-20(19)16-33)31-29-30-15-23-27(32-29)36-22-7-8-25-24(14-22)34(26(37)17-39-25)18-40-12-4-2-3-10-35(36)28(23)38/h2-3,5-8,13-15H,4,9-12,16-18H2,1H3,(H,30,31,32)/b3-2+. The zero-order valence-electron chi connectivity index (χ0n) is 22.2. The zero-order chi connectivity index (χ0) is 27.2. The van der Waals surface area contributed by atoms with Crippen molar-refractivity contribution in [2.45, 2.75) is 25.9 Å². The molecule has 0 aliphatic carbocycles. The molecule has 4 aromatic rings. The molecule has 10 nitrogen and oxygen atoms in total. The topological polar surface area (TPSA) is 97.5 Å². The number of allylic oxidation sites excluding steroid dienone is 2. The number of likely N-dealkylation sites (N-methyl/N-ethyl adjacent to an activating group) is 1. The first kappa shape index (κ1) is 24.9. The number of amides is 1. The first-order chi connectivity index (χ1) is 19.5. The number of hydrogen-bond donors (Lipinski definition) is 1. The van der Waals surface area contributed by atoms with Crippen molar-refractivity contribution in [1.82, 2.24) is 24.2 Å². The molecule has 0 fully saturated rings. The molecule has 2 aromatic carbocycles. The molecular formula is C29H29N7O3S. The molecule has 204 valence electrons. The maximum absolute atomic E-state index is 13.6. The Hall–Kier alpha value is -4.09. The normalized spacial score (nSPS) is 18.1. The van der Waals surface area contributed by atoms with E-state index < -0.39 is 0 Å². The molecule has 0 saturated carbocycles. The first-order valence-corrected chi connectivity index (χ1v) is 14.6. The number of benzene rings is 2. The Morgan fingerprint density at radius 3 is 2.92 bits per heavy atom. The van der Waals surface area contributed by atoms with Gasteiger partial charge in [0, 0.05) is 25.0 Å². The second kappa shape index (κ2) is 10.1. The van der Waals surface area contributed by atoms with Crippen LogP contribution in [0.25, 0.3) is 16.7 Å². The van der Waals surface area contributed by atoms with Crippen molar-refractivity contribution >= 4 is 46.0 Å². The van der Waals surface area contributed by atoms with Gasteiger partial charge >= 0.3 is 0 Å². The van der Waals surface area contributed by atoms with Gasteiger partial charge in [0.05, 0.1) is 23.8 Å². The Morgan fingerprint density at radius 2 is 2.00 bits per heavy atom. The van der Waals surface area contributed by atoms with E-state index in [1.165, 1.54) is 11.1 Å². The molecule has 0 unspecified atom stereocenters. The van der Waals surface area contributed by atoms with Crippen molar-refractivity contribution in [3.8, 4) is 11.4 Å². The summed E-state index contributed by atoms with van der Waals surface area (Å²) in [4.78, 5) is 39.7. The minimum atomic E-state index is -0.171. The summed E-state index contributed by atoms with van der Waals surface area (Å²) in [6.45, 7) is 2.38. The number of anilines is 3. The van der Waals surface area contributed by atoms with E-state index in [1.807, 2.05) is 35.0 Å². The van der Waals surface area contributed by atoms with Crippen LogP contribution in [0.1, 0.15) is 17.5 Å². The largest absolute Gasteiger partial charge is 0.482 e. The van der Waals surface area contributed by atoms with Crippen LogP contribution in [0.15, 0.2) is 59.5 Å². The number of thioether (sulfide) groups is 1. The second-order valence-corrected chi connectivity index (χ2v) is 11.4. The van der Waals surface area contributed by atoms with Gasteiger partial charge in [0.1, 0.15) is 11.1 Å². The van der Waals surface area contributed by atoms with Crippen LogP contribution in [0.4, 0.5) is 17.3 Å². The number of carbonyl (C=O) groups excluding carboxylic acids is 1. The quantitative estimate of drug-likeness (QED) is 0.374. The average molecular weight is 556 g/mol. The number of fused-ring (bicyclic) bond motifs is 6. The first-order valence-electron chi connectivity index (χ1n) is 13.4. The third-order valence-electron chi connectivity index (χ3n) is 7.57. The predicted octanol–water partition coefficient (Wildman–Crippen LogP) is 3.69. The number of aromatic nitrogens is 4. The summed E-state index contributed by atoms with van der Waals surface area (Å²) in [5, 5.41) is 3.77.